The molecule has 1 aliphatic heterocycles. The molecule has 1 atom stereocenters. The summed E-state index contributed by atoms with van der Waals surface area (Å²) in [7, 11) is 0. The van der Waals surface area contributed by atoms with Gasteiger partial charge in [0.25, 0.3) is 11.7 Å². The Morgan fingerprint density at radius 2 is 1.86 bits per heavy atom. The lowest BCUT2D eigenvalue weighted by atomic mass is 9.94. The molecule has 4 rings (SSSR count). The van der Waals surface area contributed by atoms with Crippen LogP contribution in [-0.2, 0) is 16.1 Å². The van der Waals surface area contributed by atoms with E-state index in [1.165, 1.54) is 4.90 Å². The molecule has 1 N–H and O–H groups in total. The number of ketones is 1. The van der Waals surface area contributed by atoms with Gasteiger partial charge >= 0.3 is 0 Å². The molecule has 37 heavy (non-hydrogen) atoms. The minimum atomic E-state index is -0.809. The number of ether oxygens (including phenoxy) is 2. The zero-order valence-electron chi connectivity index (χ0n) is 21.6. The Bertz CT molecular complexity index is 1320. The Morgan fingerprint density at radius 1 is 1.05 bits per heavy atom. The highest BCUT2D eigenvalue weighted by Gasteiger charge is 2.46. The number of Topliss-reactive ketones (excluding diaryl/α,β-unsaturated/α-hetero) is 1. The lowest BCUT2D eigenvalue weighted by Crippen LogP contribution is -2.29. The van der Waals surface area contributed by atoms with E-state index in [4.69, 9.17) is 9.47 Å². The molecular weight excluding hydrogens is 468 g/mol. The first kappa shape index (κ1) is 25.9. The molecule has 1 unspecified atom stereocenters. The molecule has 0 saturated carbocycles. The predicted molar refractivity (Wildman–Crippen MR) is 141 cm³/mol. The van der Waals surface area contributed by atoms with Crippen LogP contribution in [0, 0.1) is 12.8 Å². The minimum Gasteiger partial charge on any atom is -0.507 e. The van der Waals surface area contributed by atoms with Crippen molar-refractivity contribution in [1.29, 1.82) is 0 Å². The van der Waals surface area contributed by atoms with E-state index in [-0.39, 0.29) is 17.9 Å². The lowest BCUT2D eigenvalue weighted by Gasteiger charge is -2.25. The Morgan fingerprint density at radius 3 is 2.54 bits per heavy atom. The number of aliphatic hydroxyl groups is 1. The molecule has 192 valence electrons. The Kier molecular flexibility index (Phi) is 7.92. The summed E-state index contributed by atoms with van der Waals surface area (Å²) in [6.45, 7) is 9.05. The van der Waals surface area contributed by atoms with E-state index in [0.717, 1.165) is 5.56 Å². The normalized spacial score (nSPS) is 16.9. The van der Waals surface area contributed by atoms with Crippen molar-refractivity contribution in [3.05, 3.63) is 94.8 Å². The number of aromatic nitrogens is 1. The van der Waals surface area contributed by atoms with Gasteiger partial charge in [0.15, 0.2) is 0 Å². The Balaban J connectivity index is 1.82. The quantitative estimate of drug-likeness (QED) is 0.239. The largest absolute Gasteiger partial charge is 0.507 e. The van der Waals surface area contributed by atoms with Gasteiger partial charge in [-0.1, -0.05) is 32.0 Å². The molecule has 3 aromatic rings. The smallest absolute Gasteiger partial charge is 0.296 e. The number of aliphatic hydroxyl groups excluding tert-OH is 1. The molecule has 1 aromatic heterocycles. The van der Waals surface area contributed by atoms with Gasteiger partial charge < -0.3 is 19.5 Å². The fraction of sp³-hybridized carbons (Fsp3) is 0.300. The van der Waals surface area contributed by atoms with E-state index in [0.29, 0.717) is 47.5 Å². The van der Waals surface area contributed by atoms with Crippen molar-refractivity contribution in [3.8, 4) is 11.5 Å². The number of carbonyl (C=O) groups excluding carboxylic acids is 2. The second-order valence-corrected chi connectivity index (χ2v) is 9.44. The number of nitrogens with zero attached hydrogens (tertiary/aromatic N) is 2. The van der Waals surface area contributed by atoms with Gasteiger partial charge in [0, 0.05) is 11.8 Å². The minimum absolute atomic E-state index is 0.0329. The maximum atomic E-state index is 13.4. The summed E-state index contributed by atoms with van der Waals surface area (Å²) in [6, 6.07) is 17.1. The Labute approximate surface area is 217 Å². The summed E-state index contributed by atoms with van der Waals surface area (Å²) in [5.41, 5.74) is 2.59. The maximum Gasteiger partial charge on any atom is 0.296 e. The monoisotopic (exact) mass is 500 g/mol. The maximum absolute atomic E-state index is 13.4. The van der Waals surface area contributed by atoms with Gasteiger partial charge in [-0.2, -0.15) is 0 Å². The van der Waals surface area contributed by atoms with E-state index in [9.17, 15) is 14.7 Å². The van der Waals surface area contributed by atoms with E-state index < -0.39 is 17.7 Å². The van der Waals surface area contributed by atoms with Crippen LogP contribution in [0.15, 0.2) is 72.4 Å². The molecule has 2 heterocycles. The number of hydrogen-bond acceptors (Lipinski definition) is 6. The third-order valence-electron chi connectivity index (χ3n) is 6.10. The van der Waals surface area contributed by atoms with Crippen molar-refractivity contribution < 1.29 is 24.2 Å². The zero-order valence-corrected chi connectivity index (χ0v) is 21.6. The summed E-state index contributed by atoms with van der Waals surface area (Å²) in [4.78, 5) is 32.5. The van der Waals surface area contributed by atoms with Crippen molar-refractivity contribution in [2.75, 3.05) is 13.2 Å². The number of pyridine rings is 1. The van der Waals surface area contributed by atoms with Crippen LogP contribution >= 0.6 is 0 Å². The number of likely N-dealkylation sites (tertiary alicyclic amines) is 1. The number of carbonyl (C=O) groups is 2. The first-order chi connectivity index (χ1) is 17.8. The topological polar surface area (TPSA) is 89.0 Å². The molecular formula is C30H32N2O5. The van der Waals surface area contributed by atoms with E-state index >= 15 is 0 Å². The van der Waals surface area contributed by atoms with Crippen LogP contribution in [0.4, 0.5) is 0 Å². The van der Waals surface area contributed by atoms with Gasteiger partial charge in [-0.05, 0) is 73.4 Å². The third-order valence-corrected chi connectivity index (χ3v) is 6.10. The highest BCUT2D eigenvalue weighted by molar-refractivity contribution is 6.46. The summed E-state index contributed by atoms with van der Waals surface area (Å²) >= 11 is 0. The molecule has 1 saturated heterocycles. The molecule has 0 spiro atoms. The average Bonchev–Trinajstić information content (AvgIpc) is 3.14. The van der Waals surface area contributed by atoms with Crippen molar-refractivity contribution in [2.45, 2.75) is 40.3 Å². The van der Waals surface area contributed by atoms with Crippen molar-refractivity contribution >= 4 is 17.4 Å². The van der Waals surface area contributed by atoms with Gasteiger partial charge in [0.1, 0.15) is 17.3 Å². The first-order valence-electron chi connectivity index (χ1n) is 12.4. The summed E-state index contributed by atoms with van der Waals surface area (Å²) < 4.78 is 11.5. The predicted octanol–water partition coefficient (Wildman–Crippen LogP) is 5.45. The molecule has 1 amide bonds. The molecule has 7 heteroatoms. The SMILES string of the molecule is CCOc1ccc(/C(O)=C2\C(=O)C(=O)N(Cc3ccccn3)C2c2cccc(OCC(C)C)c2)cc1C. The van der Waals surface area contributed by atoms with Crippen LogP contribution in [0.1, 0.15) is 49.2 Å². The van der Waals surface area contributed by atoms with Crippen LogP contribution in [0.2, 0.25) is 0 Å². The standard InChI is InChI=1S/C30H32N2O5/c1-5-36-25-13-12-22(15-20(25)4)28(33)26-27(21-9-8-11-24(16-21)37-18-19(2)3)32(30(35)29(26)34)17-23-10-6-7-14-31-23/h6-16,19,27,33H,5,17-18H2,1-4H3/b28-26+. The van der Waals surface area contributed by atoms with Gasteiger partial charge in [0.05, 0.1) is 37.1 Å². The molecule has 1 fully saturated rings. The van der Waals surface area contributed by atoms with Crippen molar-refractivity contribution in [2.24, 2.45) is 5.92 Å². The fourth-order valence-electron chi connectivity index (χ4n) is 4.36. The average molecular weight is 501 g/mol. The van der Waals surface area contributed by atoms with Gasteiger partial charge in [0.2, 0.25) is 0 Å². The van der Waals surface area contributed by atoms with E-state index in [1.54, 1.807) is 36.5 Å². The summed E-state index contributed by atoms with van der Waals surface area (Å²) in [5.74, 6) is 0.00689. The third kappa shape index (κ3) is 5.66. The van der Waals surface area contributed by atoms with E-state index in [1.807, 2.05) is 44.2 Å². The number of rotatable bonds is 9. The van der Waals surface area contributed by atoms with Crippen LogP contribution in [0.3, 0.4) is 0 Å². The number of amides is 1. The van der Waals surface area contributed by atoms with Gasteiger partial charge in [-0.15, -0.1) is 0 Å². The molecule has 7 nitrogen and oxygen atoms in total. The molecule has 2 aromatic carbocycles. The van der Waals surface area contributed by atoms with Gasteiger partial charge in [-0.25, -0.2) is 0 Å². The highest BCUT2D eigenvalue weighted by atomic mass is 16.5. The summed E-state index contributed by atoms with van der Waals surface area (Å²) in [5, 5.41) is 11.4. The number of benzene rings is 2. The van der Waals surface area contributed by atoms with Crippen LogP contribution in [0.25, 0.3) is 5.76 Å². The van der Waals surface area contributed by atoms with Crippen molar-refractivity contribution in [1.82, 2.24) is 9.88 Å². The van der Waals surface area contributed by atoms with E-state index in [2.05, 4.69) is 18.8 Å². The second kappa shape index (κ2) is 11.3. The molecule has 0 radical (unpaired) electrons. The van der Waals surface area contributed by atoms with Gasteiger partial charge in [-0.3, -0.25) is 14.6 Å². The highest BCUT2D eigenvalue weighted by Crippen LogP contribution is 2.41. The number of aryl methyl sites for hydroxylation is 1. The van der Waals surface area contributed by atoms with Crippen molar-refractivity contribution in [3.63, 3.8) is 0 Å². The molecule has 0 bridgehead atoms. The number of hydrogen-bond donors (Lipinski definition) is 1. The zero-order chi connectivity index (χ0) is 26.5. The fourth-order valence-corrected chi connectivity index (χ4v) is 4.36. The van der Waals surface area contributed by atoms with Crippen LogP contribution < -0.4 is 9.47 Å². The lowest BCUT2D eigenvalue weighted by molar-refractivity contribution is -0.140. The summed E-state index contributed by atoms with van der Waals surface area (Å²) in [6.07, 6.45) is 1.64. The Hall–Kier alpha value is -4.13. The molecule has 0 aliphatic carbocycles. The molecule has 1 aliphatic rings. The van der Waals surface area contributed by atoms with Crippen LogP contribution in [0.5, 0.6) is 11.5 Å². The second-order valence-electron chi connectivity index (χ2n) is 9.44. The van der Waals surface area contributed by atoms with Crippen LogP contribution in [-0.4, -0.2) is 39.9 Å². The first-order valence-corrected chi connectivity index (χ1v) is 12.4.